The van der Waals surface area contributed by atoms with Crippen LogP contribution in [0.3, 0.4) is 0 Å². The van der Waals surface area contributed by atoms with Crippen LogP contribution in [0.15, 0.2) is 60.7 Å². The van der Waals surface area contributed by atoms with Crippen molar-refractivity contribution in [1.82, 2.24) is 0 Å². The molecule has 0 aliphatic rings. The molecule has 154 valence electrons. The number of thiophene rings is 2. The largest absolute Gasteiger partial charge is 0.135 e. The van der Waals surface area contributed by atoms with Crippen molar-refractivity contribution in [2.45, 2.75) is 27.7 Å². The lowest BCUT2D eigenvalue weighted by molar-refractivity contribution is 1.53. The van der Waals surface area contributed by atoms with Crippen LogP contribution >= 0.6 is 22.7 Å². The summed E-state index contributed by atoms with van der Waals surface area (Å²) in [6.45, 7) is 9.25. The average Bonchev–Trinajstić information content (AvgIpc) is 3.40. The quantitative estimate of drug-likeness (QED) is 0.203. The lowest BCUT2D eigenvalue weighted by Gasteiger charge is -2.15. The van der Waals surface area contributed by atoms with Crippen molar-refractivity contribution in [3.05, 3.63) is 82.9 Å². The van der Waals surface area contributed by atoms with Crippen LogP contribution < -0.4 is 0 Å². The zero-order valence-electron chi connectivity index (χ0n) is 18.6. The summed E-state index contributed by atoms with van der Waals surface area (Å²) in [5, 5.41) is 11.2. The Morgan fingerprint density at radius 2 is 0.812 bits per heavy atom. The molecule has 0 unspecified atom stereocenters. The summed E-state index contributed by atoms with van der Waals surface area (Å²) in [7, 11) is 0. The van der Waals surface area contributed by atoms with E-state index < -0.39 is 0 Å². The highest BCUT2D eigenvalue weighted by Crippen LogP contribution is 2.46. The Morgan fingerprint density at radius 1 is 0.438 bits per heavy atom. The summed E-state index contributed by atoms with van der Waals surface area (Å²) in [6, 6.07) is 22.7. The molecule has 0 amide bonds. The maximum atomic E-state index is 2.48. The molecule has 0 N–H and O–H groups in total. The third-order valence-corrected chi connectivity index (χ3v) is 9.98. The minimum absolute atomic E-state index is 1.38. The molecule has 0 nitrogen and oxygen atoms in total. The predicted octanol–water partition coefficient (Wildman–Crippen LogP) is 9.96. The van der Waals surface area contributed by atoms with E-state index >= 15 is 0 Å². The molecule has 0 bridgehead atoms. The first-order valence-corrected chi connectivity index (χ1v) is 12.8. The van der Waals surface area contributed by atoms with Crippen LogP contribution in [-0.2, 0) is 0 Å². The SMILES string of the molecule is Cc1c2cc3c(C)c4c(sc5ccccc54)c(C)c3cc2c(C)c2c1sc1ccccc12. The molecule has 5 aromatic carbocycles. The van der Waals surface area contributed by atoms with Crippen LogP contribution in [-0.4, -0.2) is 0 Å². The molecule has 32 heavy (non-hydrogen) atoms. The number of hydrogen-bond donors (Lipinski definition) is 0. The zero-order chi connectivity index (χ0) is 21.7. The van der Waals surface area contributed by atoms with Gasteiger partial charge in [-0.1, -0.05) is 36.4 Å². The second-order valence-corrected chi connectivity index (χ2v) is 11.2. The molecule has 0 saturated carbocycles. The molecule has 0 fully saturated rings. The summed E-state index contributed by atoms with van der Waals surface area (Å²) < 4.78 is 5.64. The van der Waals surface area contributed by atoms with Gasteiger partial charge in [-0.25, -0.2) is 0 Å². The van der Waals surface area contributed by atoms with Crippen molar-refractivity contribution in [2.24, 2.45) is 0 Å². The molecule has 2 heterocycles. The molecule has 0 aliphatic heterocycles. The van der Waals surface area contributed by atoms with Crippen LogP contribution in [0.2, 0.25) is 0 Å². The topological polar surface area (TPSA) is 0 Å². The molecule has 7 rings (SSSR count). The van der Waals surface area contributed by atoms with Crippen molar-refractivity contribution in [3.8, 4) is 0 Å². The van der Waals surface area contributed by atoms with Gasteiger partial charge in [0.05, 0.1) is 0 Å². The van der Waals surface area contributed by atoms with Gasteiger partial charge in [-0.05, 0) is 95.8 Å². The molecule has 0 radical (unpaired) electrons. The fraction of sp³-hybridized carbons (Fsp3) is 0.133. The smallest absolute Gasteiger partial charge is 0.0393 e. The lowest BCUT2D eigenvalue weighted by atomic mass is 9.89. The third kappa shape index (κ3) is 2.22. The Morgan fingerprint density at radius 3 is 1.25 bits per heavy atom. The molecular weight excluding hydrogens is 424 g/mol. The van der Waals surface area contributed by atoms with Gasteiger partial charge in [-0.3, -0.25) is 0 Å². The Hall–Kier alpha value is -2.94. The van der Waals surface area contributed by atoms with E-state index in [4.69, 9.17) is 0 Å². The maximum Gasteiger partial charge on any atom is 0.0393 e. The van der Waals surface area contributed by atoms with E-state index in [9.17, 15) is 0 Å². The monoisotopic (exact) mass is 446 g/mol. The average molecular weight is 447 g/mol. The third-order valence-electron chi connectivity index (χ3n) is 7.40. The molecule has 0 saturated heterocycles. The van der Waals surface area contributed by atoms with Gasteiger partial charge in [-0.15, -0.1) is 22.7 Å². The van der Waals surface area contributed by atoms with Gasteiger partial charge >= 0.3 is 0 Å². The molecule has 2 aromatic heterocycles. The highest BCUT2D eigenvalue weighted by Gasteiger charge is 2.18. The van der Waals surface area contributed by atoms with Gasteiger partial charge in [0.1, 0.15) is 0 Å². The summed E-state index contributed by atoms with van der Waals surface area (Å²) >= 11 is 3.88. The molecule has 0 spiro atoms. The van der Waals surface area contributed by atoms with Crippen molar-refractivity contribution < 1.29 is 0 Å². The number of benzene rings is 5. The van der Waals surface area contributed by atoms with Gasteiger partial charge in [-0.2, -0.15) is 0 Å². The fourth-order valence-electron chi connectivity index (χ4n) is 5.72. The van der Waals surface area contributed by atoms with E-state index in [1.54, 1.807) is 0 Å². The van der Waals surface area contributed by atoms with Gasteiger partial charge in [0.25, 0.3) is 0 Å². The number of hydrogen-bond acceptors (Lipinski definition) is 2. The van der Waals surface area contributed by atoms with Gasteiger partial charge in [0, 0.05) is 40.3 Å². The molecule has 7 aromatic rings. The van der Waals surface area contributed by atoms with Crippen molar-refractivity contribution >= 4 is 84.6 Å². The van der Waals surface area contributed by atoms with E-state index in [-0.39, 0.29) is 0 Å². The van der Waals surface area contributed by atoms with E-state index in [1.165, 1.54) is 84.1 Å². The lowest BCUT2D eigenvalue weighted by Crippen LogP contribution is -1.90. The first-order valence-electron chi connectivity index (χ1n) is 11.1. The van der Waals surface area contributed by atoms with E-state index in [0.29, 0.717) is 0 Å². The second-order valence-electron chi connectivity index (χ2n) is 9.05. The highest BCUT2D eigenvalue weighted by molar-refractivity contribution is 7.26. The predicted molar refractivity (Wildman–Crippen MR) is 146 cm³/mol. The highest BCUT2D eigenvalue weighted by atomic mass is 32.1. The van der Waals surface area contributed by atoms with Crippen molar-refractivity contribution in [2.75, 3.05) is 0 Å². The Labute approximate surface area is 194 Å². The van der Waals surface area contributed by atoms with Gasteiger partial charge in [0.2, 0.25) is 0 Å². The Balaban J connectivity index is 1.73. The Kier molecular flexibility index (Phi) is 3.67. The maximum absolute atomic E-state index is 2.48. The number of aryl methyl sites for hydroxylation is 4. The molecular formula is C30H22S2. The first kappa shape index (κ1) is 18.6. The van der Waals surface area contributed by atoms with Crippen LogP contribution in [0.1, 0.15) is 22.3 Å². The number of rotatable bonds is 0. The van der Waals surface area contributed by atoms with Gasteiger partial charge in [0.15, 0.2) is 0 Å². The zero-order valence-corrected chi connectivity index (χ0v) is 20.2. The van der Waals surface area contributed by atoms with Crippen LogP contribution in [0.25, 0.3) is 61.9 Å². The first-order chi connectivity index (χ1) is 15.5. The van der Waals surface area contributed by atoms with E-state index in [1.807, 2.05) is 22.7 Å². The second kappa shape index (κ2) is 6.31. The van der Waals surface area contributed by atoms with Crippen molar-refractivity contribution in [1.29, 1.82) is 0 Å². The van der Waals surface area contributed by atoms with Crippen LogP contribution in [0, 0.1) is 27.7 Å². The van der Waals surface area contributed by atoms with Gasteiger partial charge < -0.3 is 0 Å². The summed E-state index contributed by atoms with van der Waals surface area (Å²) in [5.74, 6) is 0. The molecule has 0 aliphatic carbocycles. The van der Waals surface area contributed by atoms with Crippen molar-refractivity contribution in [3.63, 3.8) is 0 Å². The Bertz CT molecular complexity index is 1770. The van der Waals surface area contributed by atoms with Crippen LogP contribution in [0.5, 0.6) is 0 Å². The fourth-order valence-corrected chi connectivity index (χ4v) is 8.27. The van der Waals surface area contributed by atoms with E-state index in [0.717, 1.165) is 0 Å². The molecule has 2 heteroatoms. The summed E-state index contributed by atoms with van der Waals surface area (Å²) in [6.07, 6.45) is 0. The summed E-state index contributed by atoms with van der Waals surface area (Å²) in [5.41, 5.74) is 5.65. The standard InChI is InChI=1S/C30H22S2/c1-15-21-13-24-18(4)30-28(20-10-6-8-12-26(20)32-30)16(2)22(24)14-23(21)17(3)29-27(15)19-9-5-7-11-25(19)31-29/h5-14H,1-4H3. The number of fused-ring (bicyclic) bond motifs is 8. The normalized spacial score (nSPS) is 12.4. The minimum Gasteiger partial charge on any atom is -0.135 e. The summed E-state index contributed by atoms with van der Waals surface area (Å²) in [4.78, 5) is 0. The van der Waals surface area contributed by atoms with E-state index in [2.05, 4.69) is 88.4 Å². The molecule has 0 atom stereocenters. The minimum atomic E-state index is 1.38. The van der Waals surface area contributed by atoms with Crippen LogP contribution in [0.4, 0.5) is 0 Å².